The van der Waals surface area contributed by atoms with Crippen LogP contribution in [-0.4, -0.2) is 32.2 Å². The smallest absolute Gasteiger partial charge is 0.267 e. The molecule has 0 aromatic heterocycles. The summed E-state index contributed by atoms with van der Waals surface area (Å²) in [5, 5.41) is 2.56. The highest BCUT2D eigenvalue weighted by atomic mass is 32.2. The van der Waals surface area contributed by atoms with Gasteiger partial charge in [0.2, 0.25) is 5.91 Å². The van der Waals surface area contributed by atoms with Crippen molar-refractivity contribution in [1.29, 1.82) is 0 Å². The van der Waals surface area contributed by atoms with E-state index in [1.165, 1.54) is 6.92 Å². The summed E-state index contributed by atoms with van der Waals surface area (Å²) < 4.78 is 26.8. The van der Waals surface area contributed by atoms with E-state index in [9.17, 15) is 13.2 Å². The molecule has 0 aliphatic heterocycles. The lowest BCUT2D eigenvalue weighted by Crippen LogP contribution is -2.46. The van der Waals surface area contributed by atoms with Crippen molar-refractivity contribution in [3.63, 3.8) is 0 Å². The average molecular weight is 235 g/mol. The third-order valence-electron chi connectivity index (χ3n) is 1.60. The molecule has 6 heteroatoms. The first-order valence-electron chi connectivity index (χ1n) is 4.54. The Bertz CT molecular complexity index is 332. The third-order valence-corrected chi connectivity index (χ3v) is 2.78. The Kier molecular flexibility index (Phi) is 4.96. The zero-order valence-corrected chi connectivity index (χ0v) is 10.1. The maximum atomic E-state index is 11.0. The van der Waals surface area contributed by atoms with Crippen molar-refractivity contribution >= 4 is 16.0 Å². The van der Waals surface area contributed by atoms with E-state index in [1.54, 1.807) is 13.8 Å². The summed E-state index contributed by atoms with van der Waals surface area (Å²) in [5.41, 5.74) is -0.743. The highest BCUT2D eigenvalue weighted by Crippen LogP contribution is 2.05. The van der Waals surface area contributed by atoms with Crippen LogP contribution in [0.15, 0.2) is 12.7 Å². The van der Waals surface area contributed by atoms with Crippen molar-refractivity contribution in [2.24, 2.45) is 0 Å². The summed E-state index contributed by atoms with van der Waals surface area (Å²) in [7, 11) is -3.47. The molecule has 1 N–H and O–H groups in total. The zero-order chi connectivity index (χ0) is 12.1. The maximum absolute atomic E-state index is 11.0. The Balaban J connectivity index is 4.27. The molecule has 0 heterocycles. The first-order chi connectivity index (χ1) is 6.72. The summed E-state index contributed by atoms with van der Waals surface area (Å²) in [6, 6.07) is 0. The van der Waals surface area contributed by atoms with Crippen LogP contribution in [0.25, 0.3) is 0 Å². The fourth-order valence-electron chi connectivity index (χ4n) is 0.741. The van der Waals surface area contributed by atoms with Gasteiger partial charge in [-0.2, -0.15) is 8.42 Å². The number of hydrogen-bond donors (Lipinski definition) is 1. The molecule has 88 valence electrons. The van der Waals surface area contributed by atoms with Crippen LogP contribution in [0.5, 0.6) is 0 Å². The van der Waals surface area contributed by atoms with Crippen molar-refractivity contribution in [1.82, 2.24) is 5.32 Å². The highest BCUT2D eigenvalue weighted by Gasteiger charge is 2.22. The molecule has 0 radical (unpaired) electrons. The second-order valence-electron chi connectivity index (χ2n) is 3.69. The monoisotopic (exact) mass is 235 g/mol. The Morgan fingerprint density at radius 2 is 2.07 bits per heavy atom. The van der Waals surface area contributed by atoms with Gasteiger partial charge in [-0.1, -0.05) is 6.58 Å². The molecule has 0 atom stereocenters. The molecule has 0 aromatic rings. The summed E-state index contributed by atoms with van der Waals surface area (Å²) in [5.74, 6) is -0.448. The van der Waals surface area contributed by atoms with Gasteiger partial charge in [0, 0.05) is 0 Å². The van der Waals surface area contributed by atoms with Crippen molar-refractivity contribution in [3.8, 4) is 0 Å². The fourth-order valence-corrected chi connectivity index (χ4v) is 1.38. The van der Waals surface area contributed by atoms with Crippen molar-refractivity contribution in [3.05, 3.63) is 12.7 Å². The van der Waals surface area contributed by atoms with Crippen molar-refractivity contribution < 1.29 is 17.4 Å². The van der Waals surface area contributed by atoms with Crippen molar-refractivity contribution in [2.45, 2.75) is 26.3 Å². The third kappa shape index (κ3) is 6.24. The lowest BCUT2D eigenvalue weighted by atomic mass is 10.1. The van der Waals surface area contributed by atoms with Crippen LogP contribution in [0, 0.1) is 0 Å². The standard InChI is InChI=1S/C9H17NO4S/c1-5-8(11)10-9(3,4)7-14-15(12,13)6-2/h5H,1,6-7H2,2-4H3,(H,10,11). The highest BCUT2D eigenvalue weighted by molar-refractivity contribution is 7.86. The molecule has 0 bridgehead atoms. The van der Waals surface area contributed by atoms with Crippen LogP contribution in [0.2, 0.25) is 0 Å². The van der Waals surface area contributed by atoms with Gasteiger partial charge >= 0.3 is 0 Å². The van der Waals surface area contributed by atoms with E-state index in [-0.39, 0.29) is 18.3 Å². The zero-order valence-electron chi connectivity index (χ0n) is 9.24. The molecule has 0 fully saturated rings. The topological polar surface area (TPSA) is 72.5 Å². The molecule has 0 spiro atoms. The molecule has 0 aromatic carbocycles. The first kappa shape index (κ1) is 14.1. The second-order valence-corrected chi connectivity index (χ2v) is 5.61. The predicted octanol–water partition coefficient (Wildman–Crippen LogP) is 0.433. The van der Waals surface area contributed by atoms with Gasteiger partial charge in [0.25, 0.3) is 10.1 Å². The van der Waals surface area contributed by atoms with Crippen LogP contribution in [0.1, 0.15) is 20.8 Å². The van der Waals surface area contributed by atoms with Crippen LogP contribution in [-0.2, 0) is 19.1 Å². The van der Waals surface area contributed by atoms with Crippen LogP contribution in [0.3, 0.4) is 0 Å². The van der Waals surface area contributed by atoms with E-state index < -0.39 is 15.7 Å². The van der Waals surface area contributed by atoms with Crippen LogP contribution < -0.4 is 5.32 Å². The average Bonchev–Trinajstić information content (AvgIpc) is 2.14. The van der Waals surface area contributed by atoms with E-state index in [1.807, 2.05) is 0 Å². The molecule has 1 amide bonds. The molecule has 0 rings (SSSR count). The summed E-state index contributed by atoms with van der Waals surface area (Å²) >= 11 is 0. The van der Waals surface area contributed by atoms with E-state index in [2.05, 4.69) is 11.9 Å². The van der Waals surface area contributed by atoms with Gasteiger partial charge < -0.3 is 5.32 Å². The van der Waals surface area contributed by atoms with Gasteiger partial charge in [-0.3, -0.25) is 8.98 Å². The SMILES string of the molecule is C=CC(=O)NC(C)(C)COS(=O)(=O)CC. The Hall–Kier alpha value is -0.880. The van der Waals surface area contributed by atoms with E-state index in [0.29, 0.717) is 0 Å². The van der Waals surface area contributed by atoms with E-state index >= 15 is 0 Å². The number of rotatable bonds is 6. The summed E-state index contributed by atoms with van der Waals surface area (Å²) in [6.07, 6.45) is 1.12. The Labute approximate surface area is 90.6 Å². The molecule has 15 heavy (non-hydrogen) atoms. The molecule has 0 unspecified atom stereocenters. The molecular formula is C9H17NO4S. The molecule has 0 aliphatic rings. The minimum atomic E-state index is -3.47. The van der Waals surface area contributed by atoms with Crippen molar-refractivity contribution in [2.75, 3.05) is 12.4 Å². The Morgan fingerprint density at radius 1 is 1.53 bits per heavy atom. The lowest BCUT2D eigenvalue weighted by molar-refractivity contribution is -0.118. The molecule has 5 nitrogen and oxygen atoms in total. The number of carbonyl (C=O) groups excluding carboxylic acids is 1. The number of hydrogen-bond acceptors (Lipinski definition) is 4. The largest absolute Gasteiger partial charge is 0.345 e. The van der Waals surface area contributed by atoms with Gasteiger partial charge in [0.05, 0.1) is 17.9 Å². The predicted molar refractivity (Wildman–Crippen MR) is 57.8 cm³/mol. The van der Waals surface area contributed by atoms with Gasteiger partial charge in [0.15, 0.2) is 0 Å². The molecule has 0 saturated heterocycles. The van der Waals surface area contributed by atoms with Gasteiger partial charge in [-0.15, -0.1) is 0 Å². The second kappa shape index (κ2) is 5.27. The molecular weight excluding hydrogens is 218 g/mol. The van der Waals surface area contributed by atoms with Crippen LogP contribution >= 0.6 is 0 Å². The maximum Gasteiger partial charge on any atom is 0.267 e. The molecule has 0 aliphatic carbocycles. The van der Waals surface area contributed by atoms with E-state index in [4.69, 9.17) is 4.18 Å². The molecule has 0 saturated carbocycles. The van der Waals surface area contributed by atoms with Gasteiger partial charge in [-0.25, -0.2) is 0 Å². The van der Waals surface area contributed by atoms with E-state index in [0.717, 1.165) is 6.08 Å². The number of nitrogens with one attached hydrogen (secondary N) is 1. The Morgan fingerprint density at radius 3 is 2.47 bits per heavy atom. The summed E-state index contributed by atoms with van der Waals surface area (Å²) in [4.78, 5) is 11.0. The minimum absolute atomic E-state index is 0.0848. The summed E-state index contributed by atoms with van der Waals surface area (Å²) in [6.45, 7) is 8.03. The van der Waals surface area contributed by atoms with Gasteiger partial charge in [0.1, 0.15) is 0 Å². The fraction of sp³-hybridized carbons (Fsp3) is 0.667. The number of amides is 1. The number of carbonyl (C=O) groups is 1. The first-order valence-corrected chi connectivity index (χ1v) is 6.12. The van der Waals surface area contributed by atoms with Gasteiger partial charge in [-0.05, 0) is 26.8 Å². The quantitative estimate of drug-likeness (QED) is 0.535. The lowest BCUT2D eigenvalue weighted by Gasteiger charge is -2.24. The normalized spacial score (nSPS) is 12.2. The minimum Gasteiger partial charge on any atom is -0.345 e. The van der Waals surface area contributed by atoms with Crippen LogP contribution in [0.4, 0.5) is 0 Å².